The molecule has 0 spiro atoms. The van der Waals surface area contributed by atoms with E-state index in [1.807, 2.05) is 18.5 Å². The maximum atomic E-state index is 4.49. The predicted molar refractivity (Wildman–Crippen MR) is 69.5 cm³/mol. The Morgan fingerprint density at radius 2 is 2.20 bits per heavy atom. The van der Waals surface area contributed by atoms with Gasteiger partial charge < -0.3 is 5.32 Å². The van der Waals surface area contributed by atoms with Gasteiger partial charge in [-0.3, -0.25) is 0 Å². The van der Waals surface area contributed by atoms with Crippen LogP contribution in [0.3, 0.4) is 0 Å². The molecule has 0 aliphatic rings. The second-order valence-electron chi connectivity index (χ2n) is 3.25. The third-order valence-electron chi connectivity index (χ3n) is 2.19. The van der Waals surface area contributed by atoms with Gasteiger partial charge in [0.05, 0.1) is 0 Å². The van der Waals surface area contributed by atoms with Gasteiger partial charge >= 0.3 is 0 Å². The van der Waals surface area contributed by atoms with Crippen LogP contribution in [0.4, 0.5) is 5.82 Å². The van der Waals surface area contributed by atoms with E-state index in [9.17, 15) is 0 Å². The van der Waals surface area contributed by atoms with E-state index in [4.69, 9.17) is 0 Å². The van der Waals surface area contributed by atoms with Crippen molar-refractivity contribution >= 4 is 33.1 Å². The molecule has 0 aliphatic heterocycles. The second kappa shape index (κ2) is 4.33. The summed E-state index contributed by atoms with van der Waals surface area (Å²) >= 11 is 5.13. The van der Waals surface area contributed by atoms with Crippen molar-refractivity contribution in [3.8, 4) is 10.6 Å². The highest BCUT2D eigenvalue weighted by atomic mass is 79.9. The molecule has 1 heterocycles. The molecule has 1 N–H and O–H groups in total. The van der Waals surface area contributed by atoms with Crippen LogP contribution in [0.5, 0.6) is 0 Å². The standard InChI is InChI=1S/C11H11BrN2S/c1-7-3-4-8(12)5-9(7)11-14-10(13-2)6-15-11/h3-6,13H,1-2H3. The number of nitrogens with zero attached hydrogens (tertiary/aromatic N) is 1. The van der Waals surface area contributed by atoms with Crippen molar-refractivity contribution in [2.45, 2.75) is 6.92 Å². The highest BCUT2D eigenvalue weighted by Crippen LogP contribution is 2.30. The molecule has 0 saturated carbocycles. The third kappa shape index (κ3) is 2.21. The van der Waals surface area contributed by atoms with Crippen LogP contribution in [0.25, 0.3) is 10.6 Å². The summed E-state index contributed by atoms with van der Waals surface area (Å²) in [5, 5.41) is 6.12. The normalized spacial score (nSPS) is 10.3. The largest absolute Gasteiger partial charge is 0.372 e. The van der Waals surface area contributed by atoms with Crippen LogP contribution in [-0.2, 0) is 0 Å². The molecule has 0 bridgehead atoms. The van der Waals surface area contributed by atoms with Crippen molar-refractivity contribution < 1.29 is 0 Å². The number of thiazole rings is 1. The number of aryl methyl sites for hydroxylation is 1. The van der Waals surface area contributed by atoms with Crippen LogP contribution < -0.4 is 5.32 Å². The van der Waals surface area contributed by atoms with Gasteiger partial charge in [0, 0.05) is 22.5 Å². The zero-order chi connectivity index (χ0) is 10.8. The summed E-state index contributed by atoms with van der Waals surface area (Å²) in [7, 11) is 1.88. The summed E-state index contributed by atoms with van der Waals surface area (Å²) in [5.41, 5.74) is 2.44. The first-order valence-electron chi connectivity index (χ1n) is 4.60. The highest BCUT2D eigenvalue weighted by Gasteiger charge is 2.07. The minimum atomic E-state index is 0.925. The Morgan fingerprint density at radius 3 is 2.87 bits per heavy atom. The molecule has 0 radical (unpaired) electrons. The van der Waals surface area contributed by atoms with Crippen LogP contribution in [0.2, 0.25) is 0 Å². The molecule has 0 atom stereocenters. The number of aromatic nitrogens is 1. The lowest BCUT2D eigenvalue weighted by atomic mass is 10.1. The van der Waals surface area contributed by atoms with Gasteiger partial charge in [-0.1, -0.05) is 22.0 Å². The van der Waals surface area contributed by atoms with E-state index in [2.05, 4.69) is 45.3 Å². The number of halogens is 1. The molecular formula is C11H11BrN2S. The number of hydrogen-bond acceptors (Lipinski definition) is 3. The fourth-order valence-corrected chi connectivity index (χ4v) is 2.59. The lowest BCUT2D eigenvalue weighted by molar-refractivity contribution is 1.33. The summed E-state index contributed by atoms with van der Waals surface area (Å²) in [4.78, 5) is 4.49. The minimum Gasteiger partial charge on any atom is -0.372 e. The van der Waals surface area contributed by atoms with Gasteiger partial charge in [0.15, 0.2) is 0 Å². The Morgan fingerprint density at radius 1 is 1.40 bits per heavy atom. The van der Waals surface area contributed by atoms with E-state index in [0.29, 0.717) is 0 Å². The molecule has 2 aromatic rings. The summed E-state index contributed by atoms with van der Waals surface area (Å²) in [6, 6.07) is 6.25. The summed E-state index contributed by atoms with van der Waals surface area (Å²) in [6.45, 7) is 2.10. The Hall–Kier alpha value is -0.870. The second-order valence-corrected chi connectivity index (χ2v) is 5.02. The molecule has 2 nitrogen and oxygen atoms in total. The fourth-order valence-electron chi connectivity index (χ4n) is 1.34. The monoisotopic (exact) mass is 282 g/mol. The van der Waals surface area contributed by atoms with Crippen LogP contribution >= 0.6 is 27.3 Å². The minimum absolute atomic E-state index is 0.925. The van der Waals surface area contributed by atoms with Crippen molar-refractivity contribution in [2.24, 2.45) is 0 Å². The molecule has 0 unspecified atom stereocenters. The molecule has 1 aromatic carbocycles. The van der Waals surface area contributed by atoms with Crippen molar-refractivity contribution in [2.75, 3.05) is 12.4 Å². The van der Waals surface area contributed by atoms with Gasteiger partial charge in [-0.05, 0) is 24.6 Å². The first-order valence-corrected chi connectivity index (χ1v) is 6.28. The van der Waals surface area contributed by atoms with Crippen molar-refractivity contribution in [1.29, 1.82) is 0 Å². The topological polar surface area (TPSA) is 24.9 Å². The average Bonchev–Trinajstić information content (AvgIpc) is 2.70. The number of nitrogens with one attached hydrogen (secondary N) is 1. The van der Waals surface area contributed by atoms with Crippen LogP contribution in [0.1, 0.15) is 5.56 Å². The molecule has 0 amide bonds. The first-order chi connectivity index (χ1) is 7.20. The van der Waals surface area contributed by atoms with Crippen LogP contribution in [0, 0.1) is 6.92 Å². The van der Waals surface area contributed by atoms with E-state index in [-0.39, 0.29) is 0 Å². The van der Waals surface area contributed by atoms with Crippen LogP contribution in [-0.4, -0.2) is 12.0 Å². The van der Waals surface area contributed by atoms with Gasteiger partial charge in [0.25, 0.3) is 0 Å². The number of hydrogen-bond donors (Lipinski definition) is 1. The van der Waals surface area contributed by atoms with E-state index in [0.717, 1.165) is 15.3 Å². The first kappa shape index (κ1) is 10.6. The van der Waals surface area contributed by atoms with Gasteiger partial charge in [0.1, 0.15) is 10.8 Å². The summed E-state index contributed by atoms with van der Waals surface area (Å²) in [5.74, 6) is 0.925. The Labute approximate surface area is 101 Å². The number of anilines is 1. The summed E-state index contributed by atoms with van der Waals surface area (Å²) < 4.78 is 1.09. The Bertz CT molecular complexity index is 479. The summed E-state index contributed by atoms with van der Waals surface area (Å²) in [6.07, 6.45) is 0. The van der Waals surface area contributed by atoms with Crippen molar-refractivity contribution in [1.82, 2.24) is 4.98 Å². The van der Waals surface area contributed by atoms with E-state index >= 15 is 0 Å². The molecule has 4 heteroatoms. The van der Waals surface area contributed by atoms with E-state index < -0.39 is 0 Å². The fraction of sp³-hybridized carbons (Fsp3) is 0.182. The average molecular weight is 283 g/mol. The van der Waals surface area contributed by atoms with Crippen molar-refractivity contribution in [3.05, 3.63) is 33.6 Å². The molecular weight excluding hydrogens is 272 g/mol. The molecule has 0 aliphatic carbocycles. The van der Waals surface area contributed by atoms with Gasteiger partial charge in [-0.25, -0.2) is 4.98 Å². The molecule has 15 heavy (non-hydrogen) atoms. The Balaban J connectivity index is 2.48. The van der Waals surface area contributed by atoms with Gasteiger partial charge in [-0.15, -0.1) is 11.3 Å². The maximum Gasteiger partial charge on any atom is 0.137 e. The van der Waals surface area contributed by atoms with Crippen LogP contribution in [0.15, 0.2) is 28.1 Å². The molecule has 78 valence electrons. The lowest BCUT2D eigenvalue weighted by Crippen LogP contribution is -1.88. The van der Waals surface area contributed by atoms with Crippen molar-refractivity contribution in [3.63, 3.8) is 0 Å². The number of benzene rings is 1. The SMILES string of the molecule is CNc1csc(-c2cc(Br)ccc2C)n1. The third-order valence-corrected chi connectivity index (χ3v) is 3.56. The molecule has 1 aromatic heterocycles. The zero-order valence-electron chi connectivity index (χ0n) is 8.54. The smallest absolute Gasteiger partial charge is 0.137 e. The molecule has 0 fully saturated rings. The predicted octanol–water partition coefficient (Wildman–Crippen LogP) is 3.92. The number of rotatable bonds is 2. The molecule has 0 saturated heterocycles. The maximum absolute atomic E-state index is 4.49. The van der Waals surface area contributed by atoms with E-state index in [1.54, 1.807) is 11.3 Å². The highest BCUT2D eigenvalue weighted by molar-refractivity contribution is 9.10. The van der Waals surface area contributed by atoms with E-state index in [1.165, 1.54) is 11.1 Å². The zero-order valence-corrected chi connectivity index (χ0v) is 10.9. The molecule has 2 rings (SSSR count). The van der Waals surface area contributed by atoms with Gasteiger partial charge in [0.2, 0.25) is 0 Å². The Kier molecular flexibility index (Phi) is 3.07. The quantitative estimate of drug-likeness (QED) is 0.903. The van der Waals surface area contributed by atoms with Gasteiger partial charge in [-0.2, -0.15) is 0 Å². The lowest BCUT2D eigenvalue weighted by Gasteiger charge is -2.02.